The summed E-state index contributed by atoms with van der Waals surface area (Å²) < 4.78 is 43.7. The van der Waals surface area contributed by atoms with E-state index in [-0.39, 0.29) is 10.9 Å². The zero-order chi connectivity index (χ0) is 14.4. The average Bonchev–Trinajstić information content (AvgIpc) is 3.04. The Morgan fingerprint density at radius 1 is 1.25 bits per heavy atom. The third-order valence-corrected chi connectivity index (χ3v) is 4.12. The Morgan fingerprint density at radius 3 is 2.55 bits per heavy atom. The van der Waals surface area contributed by atoms with Gasteiger partial charge in [0, 0.05) is 6.54 Å². The lowest BCUT2D eigenvalue weighted by Crippen LogP contribution is -2.32. The maximum Gasteiger partial charge on any atom is 0.416 e. The summed E-state index contributed by atoms with van der Waals surface area (Å²) in [5.74, 6) is 0.479. The highest BCUT2D eigenvalue weighted by Crippen LogP contribution is 2.41. The second-order valence-electron chi connectivity index (χ2n) is 5.39. The Balaban J connectivity index is 2.07. The molecule has 3 nitrogen and oxygen atoms in total. The van der Waals surface area contributed by atoms with E-state index in [2.05, 4.69) is 4.98 Å². The van der Waals surface area contributed by atoms with Crippen molar-refractivity contribution in [1.29, 1.82) is 0 Å². The van der Waals surface area contributed by atoms with E-state index in [0.717, 1.165) is 37.8 Å². The maximum atomic E-state index is 12.7. The summed E-state index contributed by atoms with van der Waals surface area (Å²) in [6.45, 7) is 0.409. The number of alkyl halides is 3. The van der Waals surface area contributed by atoms with Gasteiger partial charge in [0.25, 0.3) is 0 Å². The molecule has 1 aromatic heterocycles. The molecule has 2 N–H and O–H groups in total. The molecule has 20 heavy (non-hydrogen) atoms. The van der Waals surface area contributed by atoms with Gasteiger partial charge < -0.3 is 10.2 Å². The van der Waals surface area contributed by atoms with Crippen LogP contribution in [-0.2, 0) is 11.6 Å². The highest BCUT2D eigenvalue weighted by Gasteiger charge is 2.39. The van der Waals surface area contributed by atoms with Gasteiger partial charge in [-0.3, -0.25) is 0 Å². The van der Waals surface area contributed by atoms with Crippen LogP contribution in [0.2, 0.25) is 0 Å². The van der Waals surface area contributed by atoms with Crippen molar-refractivity contribution in [2.45, 2.75) is 37.3 Å². The molecule has 2 aromatic rings. The molecule has 6 heteroatoms. The molecule has 1 saturated carbocycles. The van der Waals surface area contributed by atoms with Crippen molar-refractivity contribution in [3.05, 3.63) is 29.7 Å². The van der Waals surface area contributed by atoms with Crippen LogP contribution >= 0.6 is 0 Å². The van der Waals surface area contributed by atoms with E-state index in [4.69, 9.17) is 10.2 Å². The number of hydrogen-bond acceptors (Lipinski definition) is 3. The van der Waals surface area contributed by atoms with Crippen molar-refractivity contribution >= 4 is 11.1 Å². The second kappa shape index (κ2) is 4.48. The van der Waals surface area contributed by atoms with Crippen molar-refractivity contribution in [3.63, 3.8) is 0 Å². The lowest BCUT2D eigenvalue weighted by Gasteiger charge is -2.22. The molecule has 0 unspecified atom stereocenters. The van der Waals surface area contributed by atoms with E-state index in [0.29, 0.717) is 18.0 Å². The molecule has 0 atom stereocenters. The fourth-order valence-electron chi connectivity index (χ4n) is 2.89. The number of oxazole rings is 1. The first-order chi connectivity index (χ1) is 9.44. The third kappa shape index (κ3) is 2.08. The van der Waals surface area contributed by atoms with E-state index in [1.807, 2.05) is 0 Å². The largest absolute Gasteiger partial charge is 0.440 e. The van der Waals surface area contributed by atoms with E-state index in [1.54, 1.807) is 0 Å². The van der Waals surface area contributed by atoms with Crippen LogP contribution in [-0.4, -0.2) is 11.5 Å². The van der Waals surface area contributed by atoms with Crippen LogP contribution in [0.5, 0.6) is 0 Å². The van der Waals surface area contributed by atoms with Gasteiger partial charge in [-0.05, 0) is 31.0 Å². The van der Waals surface area contributed by atoms with Gasteiger partial charge in [-0.25, -0.2) is 4.98 Å². The minimum Gasteiger partial charge on any atom is -0.440 e. The number of aromatic nitrogens is 1. The summed E-state index contributed by atoms with van der Waals surface area (Å²) >= 11 is 0. The van der Waals surface area contributed by atoms with E-state index in [1.165, 1.54) is 6.07 Å². The zero-order valence-electron chi connectivity index (χ0n) is 10.8. The van der Waals surface area contributed by atoms with E-state index < -0.39 is 11.7 Å². The SMILES string of the molecule is NCC1(c2nc3cc(C(F)(F)F)ccc3o2)CCCC1. The summed E-state index contributed by atoms with van der Waals surface area (Å²) in [4.78, 5) is 4.27. The Morgan fingerprint density at radius 2 is 1.95 bits per heavy atom. The third-order valence-electron chi connectivity index (χ3n) is 4.12. The molecule has 1 aliphatic rings. The van der Waals surface area contributed by atoms with Crippen LogP contribution in [0.15, 0.2) is 22.6 Å². The van der Waals surface area contributed by atoms with Gasteiger partial charge in [-0.1, -0.05) is 12.8 Å². The van der Waals surface area contributed by atoms with Crippen molar-refractivity contribution in [3.8, 4) is 0 Å². The van der Waals surface area contributed by atoms with Crippen LogP contribution in [0.4, 0.5) is 13.2 Å². The summed E-state index contributed by atoms with van der Waals surface area (Å²) in [7, 11) is 0. The van der Waals surface area contributed by atoms with Gasteiger partial charge in [-0.15, -0.1) is 0 Å². The number of nitrogens with zero attached hydrogens (tertiary/aromatic N) is 1. The van der Waals surface area contributed by atoms with Crippen molar-refractivity contribution < 1.29 is 17.6 Å². The zero-order valence-corrected chi connectivity index (χ0v) is 10.8. The highest BCUT2D eigenvalue weighted by atomic mass is 19.4. The topological polar surface area (TPSA) is 52.0 Å². The first kappa shape index (κ1) is 13.4. The summed E-state index contributed by atoms with van der Waals surface area (Å²) in [6, 6.07) is 3.37. The molecule has 0 saturated heterocycles. The number of rotatable bonds is 2. The molecule has 0 aliphatic heterocycles. The van der Waals surface area contributed by atoms with Gasteiger partial charge in [0.1, 0.15) is 5.52 Å². The van der Waals surface area contributed by atoms with Gasteiger partial charge in [0.15, 0.2) is 5.58 Å². The Hall–Kier alpha value is -1.56. The van der Waals surface area contributed by atoms with Crippen molar-refractivity contribution in [1.82, 2.24) is 4.98 Å². The fourth-order valence-corrected chi connectivity index (χ4v) is 2.89. The van der Waals surface area contributed by atoms with Crippen LogP contribution in [0.25, 0.3) is 11.1 Å². The lowest BCUT2D eigenvalue weighted by atomic mass is 9.86. The van der Waals surface area contributed by atoms with E-state index in [9.17, 15) is 13.2 Å². The van der Waals surface area contributed by atoms with Gasteiger partial charge in [0.2, 0.25) is 5.89 Å². The average molecular weight is 284 g/mol. The molecule has 0 spiro atoms. The minimum absolute atomic E-state index is 0.245. The van der Waals surface area contributed by atoms with Crippen LogP contribution in [0.3, 0.4) is 0 Å². The molecule has 108 valence electrons. The molecule has 3 rings (SSSR count). The molecular formula is C14H15F3N2O. The van der Waals surface area contributed by atoms with Crippen LogP contribution < -0.4 is 5.73 Å². The molecule has 0 amide bonds. The Bertz CT molecular complexity index is 627. The second-order valence-corrected chi connectivity index (χ2v) is 5.39. The highest BCUT2D eigenvalue weighted by molar-refractivity contribution is 5.73. The van der Waals surface area contributed by atoms with Gasteiger partial charge >= 0.3 is 6.18 Å². The quantitative estimate of drug-likeness (QED) is 0.916. The first-order valence-electron chi connectivity index (χ1n) is 6.63. The number of benzene rings is 1. The molecule has 1 fully saturated rings. The number of nitrogens with two attached hydrogens (primary N) is 1. The first-order valence-corrected chi connectivity index (χ1v) is 6.63. The fraction of sp³-hybridized carbons (Fsp3) is 0.500. The smallest absolute Gasteiger partial charge is 0.416 e. The van der Waals surface area contributed by atoms with Crippen molar-refractivity contribution in [2.75, 3.05) is 6.54 Å². The Labute approximate surface area is 114 Å². The lowest BCUT2D eigenvalue weighted by molar-refractivity contribution is -0.137. The molecule has 0 radical (unpaired) electrons. The number of hydrogen-bond donors (Lipinski definition) is 1. The molecule has 1 aromatic carbocycles. The van der Waals surface area contributed by atoms with E-state index >= 15 is 0 Å². The van der Waals surface area contributed by atoms with Gasteiger partial charge in [-0.2, -0.15) is 13.2 Å². The number of fused-ring (bicyclic) bond motifs is 1. The minimum atomic E-state index is -4.37. The molecule has 1 aliphatic carbocycles. The predicted octanol–water partition coefficient (Wildman–Crippen LogP) is 3.62. The molecule has 0 bridgehead atoms. The maximum absolute atomic E-state index is 12.7. The predicted molar refractivity (Wildman–Crippen MR) is 68.2 cm³/mol. The monoisotopic (exact) mass is 284 g/mol. The van der Waals surface area contributed by atoms with Crippen LogP contribution in [0.1, 0.15) is 37.1 Å². The van der Waals surface area contributed by atoms with Crippen molar-refractivity contribution in [2.24, 2.45) is 5.73 Å². The summed E-state index contributed by atoms with van der Waals surface area (Å²) in [6.07, 6.45) is -0.523. The van der Waals surface area contributed by atoms with Crippen LogP contribution in [0, 0.1) is 0 Å². The summed E-state index contributed by atoms with van der Waals surface area (Å²) in [5.41, 5.74) is 5.45. The summed E-state index contributed by atoms with van der Waals surface area (Å²) in [5, 5.41) is 0. The normalized spacial score (nSPS) is 18.8. The molecular weight excluding hydrogens is 269 g/mol. The van der Waals surface area contributed by atoms with Gasteiger partial charge in [0.05, 0.1) is 11.0 Å². The Kier molecular flexibility index (Phi) is 3.01. The molecule has 1 heterocycles. The number of halogens is 3. The standard InChI is InChI=1S/C14H15F3N2O/c15-14(16,17)9-3-4-11-10(7-9)19-12(20-11)13(8-18)5-1-2-6-13/h3-4,7H,1-2,5-6,8,18H2.